The maximum Gasteiger partial charge on any atom is 0.326 e. The van der Waals surface area contributed by atoms with Gasteiger partial charge in [0, 0.05) is 11.6 Å². The number of hydrogen-bond donors (Lipinski definition) is 4. The van der Waals surface area contributed by atoms with E-state index in [1.165, 1.54) is 7.11 Å². The molecule has 0 radical (unpaired) electrons. The molecule has 1 aliphatic rings. The SMILES string of the molecule is CCC(NC(=O)N1CC(=O)NCC(Cc2cc(Cl)ccc2OC)C1=O)C(=O)NC(C(=O)O)C(C)(C)C. The van der Waals surface area contributed by atoms with Crippen LogP contribution in [0.2, 0.25) is 5.02 Å². The van der Waals surface area contributed by atoms with E-state index in [1.54, 1.807) is 45.9 Å². The largest absolute Gasteiger partial charge is 0.496 e. The molecule has 3 unspecified atom stereocenters. The Labute approximate surface area is 214 Å². The number of methoxy groups -OCH3 is 1. The highest BCUT2D eigenvalue weighted by molar-refractivity contribution is 6.30. The zero-order valence-electron chi connectivity index (χ0n) is 21.0. The Hall–Kier alpha value is -3.34. The van der Waals surface area contributed by atoms with E-state index in [1.807, 2.05) is 0 Å². The molecule has 1 fully saturated rings. The van der Waals surface area contributed by atoms with Crippen molar-refractivity contribution in [1.82, 2.24) is 20.9 Å². The Morgan fingerprint density at radius 2 is 1.92 bits per heavy atom. The number of ether oxygens (including phenoxy) is 1. The Morgan fingerprint density at radius 1 is 1.25 bits per heavy atom. The van der Waals surface area contributed by atoms with Crippen molar-refractivity contribution in [1.29, 1.82) is 0 Å². The molecule has 1 heterocycles. The summed E-state index contributed by atoms with van der Waals surface area (Å²) in [6.45, 7) is 6.09. The van der Waals surface area contributed by atoms with Crippen LogP contribution in [0.3, 0.4) is 0 Å². The van der Waals surface area contributed by atoms with Gasteiger partial charge in [-0.2, -0.15) is 0 Å². The third-order valence-corrected chi connectivity index (χ3v) is 6.07. The second-order valence-electron chi connectivity index (χ2n) is 9.64. The molecule has 1 saturated heterocycles. The summed E-state index contributed by atoms with van der Waals surface area (Å²) in [5.74, 6) is -3.35. The van der Waals surface area contributed by atoms with E-state index in [2.05, 4.69) is 16.0 Å². The van der Waals surface area contributed by atoms with Crippen LogP contribution in [0.25, 0.3) is 0 Å². The predicted molar refractivity (Wildman–Crippen MR) is 132 cm³/mol. The fraction of sp³-hybridized carbons (Fsp3) is 0.542. The van der Waals surface area contributed by atoms with Gasteiger partial charge in [0.05, 0.1) is 13.0 Å². The highest BCUT2D eigenvalue weighted by Gasteiger charge is 2.37. The van der Waals surface area contributed by atoms with E-state index in [0.29, 0.717) is 16.3 Å². The number of amides is 5. The Balaban J connectivity index is 2.20. The molecule has 1 aliphatic heterocycles. The van der Waals surface area contributed by atoms with Gasteiger partial charge in [0.15, 0.2) is 0 Å². The lowest BCUT2D eigenvalue weighted by atomic mass is 9.86. The molecule has 4 N–H and O–H groups in total. The van der Waals surface area contributed by atoms with Crippen LogP contribution in [-0.4, -0.2) is 72.0 Å². The summed E-state index contributed by atoms with van der Waals surface area (Å²) < 4.78 is 5.33. The van der Waals surface area contributed by atoms with E-state index in [9.17, 15) is 29.1 Å². The lowest BCUT2D eigenvalue weighted by Crippen LogP contribution is -2.57. The zero-order valence-corrected chi connectivity index (χ0v) is 21.8. The van der Waals surface area contributed by atoms with Crippen LogP contribution < -0.4 is 20.7 Å². The minimum absolute atomic E-state index is 0.000676. The third kappa shape index (κ3) is 7.33. The molecular formula is C24H33ClN4O7. The number of nitrogens with zero attached hydrogens (tertiary/aromatic N) is 1. The fourth-order valence-electron chi connectivity index (χ4n) is 3.80. The van der Waals surface area contributed by atoms with Crippen molar-refractivity contribution in [3.8, 4) is 5.75 Å². The van der Waals surface area contributed by atoms with Gasteiger partial charge >= 0.3 is 12.0 Å². The minimum Gasteiger partial charge on any atom is -0.496 e. The normalized spacial score (nSPS) is 17.9. The summed E-state index contributed by atoms with van der Waals surface area (Å²) in [4.78, 5) is 63.7. The monoisotopic (exact) mass is 524 g/mol. The van der Waals surface area contributed by atoms with Gasteiger partial charge in [-0.25, -0.2) is 9.59 Å². The van der Waals surface area contributed by atoms with Crippen LogP contribution in [0.4, 0.5) is 4.79 Å². The quantitative estimate of drug-likeness (QED) is 0.402. The molecule has 0 bridgehead atoms. The maximum absolute atomic E-state index is 13.3. The van der Waals surface area contributed by atoms with Crippen molar-refractivity contribution in [2.24, 2.45) is 11.3 Å². The van der Waals surface area contributed by atoms with Crippen molar-refractivity contribution >= 4 is 41.3 Å². The van der Waals surface area contributed by atoms with Crippen molar-refractivity contribution in [2.45, 2.75) is 52.6 Å². The fourth-order valence-corrected chi connectivity index (χ4v) is 3.99. The minimum atomic E-state index is -1.21. The molecule has 198 valence electrons. The first kappa shape index (κ1) is 28.9. The molecule has 36 heavy (non-hydrogen) atoms. The average Bonchev–Trinajstić information content (AvgIpc) is 2.93. The summed E-state index contributed by atoms with van der Waals surface area (Å²) in [6.07, 6.45) is 0.279. The zero-order chi connectivity index (χ0) is 27.2. The van der Waals surface area contributed by atoms with Crippen molar-refractivity contribution < 1.29 is 33.8 Å². The van der Waals surface area contributed by atoms with E-state index in [-0.39, 0.29) is 19.4 Å². The summed E-state index contributed by atoms with van der Waals surface area (Å²) >= 11 is 6.09. The molecule has 1 aromatic carbocycles. The predicted octanol–water partition coefficient (Wildman–Crippen LogP) is 1.57. The first-order chi connectivity index (χ1) is 16.8. The van der Waals surface area contributed by atoms with E-state index < -0.39 is 59.7 Å². The van der Waals surface area contributed by atoms with E-state index in [4.69, 9.17) is 16.3 Å². The van der Waals surface area contributed by atoms with Crippen LogP contribution >= 0.6 is 11.6 Å². The maximum atomic E-state index is 13.3. The van der Waals surface area contributed by atoms with Gasteiger partial charge < -0.3 is 25.8 Å². The number of aliphatic carboxylic acids is 1. The second kappa shape index (κ2) is 12.1. The van der Waals surface area contributed by atoms with Gasteiger partial charge in [-0.3, -0.25) is 19.3 Å². The van der Waals surface area contributed by atoms with Gasteiger partial charge in [0.2, 0.25) is 17.7 Å². The number of carboxylic acids is 1. The summed E-state index contributed by atoms with van der Waals surface area (Å²) in [5, 5.41) is 17.5. The Bertz CT molecular complexity index is 1020. The number of benzene rings is 1. The average molecular weight is 525 g/mol. The Kier molecular flexibility index (Phi) is 9.69. The van der Waals surface area contributed by atoms with Gasteiger partial charge in [-0.15, -0.1) is 0 Å². The highest BCUT2D eigenvalue weighted by Crippen LogP contribution is 2.26. The number of carbonyl (C=O) groups excluding carboxylic acids is 4. The summed E-state index contributed by atoms with van der Waals surface area (Å²) in [6, 6.07) is 1.71. The summed E-state index contributed by atoms with van der Waals surface area (Å²) in [7, 11) is 1.48. The van der Waals surface area contributed by atoms with Crippen LogP contribution in [0.1, 0.15) is 39.7 Å². The van der Waals surface area contributed by atoms with Gasteiger partial charge in [-0.1, -0.05) is 39.3 Å². The van der Waals surface area contributed by atoms with Crippen LogP contribution in [0, 0.1) is 11.3 Å². The lowest BCUT2D eigenvalue weighted by molar-refractivity contribution is -0.145. The number of carbonyl (C=O) groups is 5. The van der Waals surface area contributed by atoms with Crippen molar-refractivity contribution in [2.75, 3.05) is 20.2 Å². The van der Waals surface area contributed by atoms with Crippen LogP contribution in [-0.2, 0) is 25.6 Å². The first-order valence-corrected chi connectivity index (χ1v) is 11.9. The number of hydrogen-bond acceptors (Lipinski definition) is 6. The van der Waals surface area contributed by atoms with Gasteiger partial charge in [-0.05, 0) is 42.0 Å². The number of nitrogens with one attached hydrogen (secondary N) is 3. The second-order valence-corrected chi connectivity index (χ2v) is 10.1. The molecule has 3 atom stereocenters. The van der Waals surface area contributed by atoms with Crippen LogP contribution in [0.5, 0.6) is 5.75 Å². The highest BCUT2D eigenvalue weighted by atomic mass is 35.5. The smallest absolute Gasteiger partial charge is 0.326 e. The van der Waals surface area contributed by atoms with E-state index >= 15 is 0 Å². The third-order valence-electron chi connectivity index (χ3n) is 5.84. The van der Waals surface area contributed by atoms with Crippen molar-refractivity contribution in [3.05, 3.63) is 28.8 Å². The molecule has 11 nitrogen and oxygen atoms in total. The molecule has 12 heteroatoms. The topological polar surface area (TPSA) is 154 Å². The standard InChI is InChI=1S/C24H33ClN4O7/c1-6-16(20(31)28-19(22(33)34)24(2,3)4)27-23(35)29-12-18(30)26-11-14(21(29)32)9-13-10-15(25)7-8-17(13)36-5/h7-8,10,14,16,19H,6,9,11-12H2,1-5H3,(H,26,30)(H,27,35)(H,28,31)(H,33,34). The number of urea groups is 1. The number of rotatable bonds is 8. The molecule has 2 rings (SSSR count). The van der Waals surface area contributed by atoms with Gasteiger partial charge in [0.25, 0.3) is 0 Å². The summed E-state index contributed by atoms with van der Waals surface area (Å²) in [5.41, 5.74) is -0.149. The number of halogens is 1. The molecule has 0 spiro atoms. The molecule has 0 aromatic heterocycles. The molecule has 5 amide bonds. The molecular weight excluding hydrogens is 492 g/mol. The van der Waals surface area contributed by atoms with Gasteiger partial charge in [0.1, 0.15) is 24.4 Å². The number of imide groups is 1. The number of carboxylic acid groups (broad SMARTS) is 1. The van der Waals surface area contributed by atoms with Crippen molar-refractivity contribution in [3.63, 3.8) is 0 Å². The Morgan fingerprint density at radius 3 is 2.47 bits per heavy atom. The van der Waals surface area contributed by atoms with Crippen LogP contribution in [0.15, 0.2) is 18.2 Å². The molecule has 0 aliphatic carbocycles. The molecule has 1 aromatic rings. The lowest BCUT2D eigenvalue weighted by Gasteiger charge is -2.30. The molecule has 0 saturated carbocycles. The van der Waals surface area contributed by atoms with E-state index in [0.717, 1.165) is 4.90 Å². The first-order valence-electron chi connectivity index (χ1n) is 11.5.